The minimum Gasteiger partial charge on any atom is -0.494 e. The van der Waals surface area contributed by atoms with Crippen LogP contribution in [-0.2, 0) is 0 Å². The van der Waals surface area contributed by atoms with Crippen LogP contribution in [0.25, 0.3) is 0 Å². The first-order chi connectivity index (χ1) is 13.1. The summed E-state index contributed by atoms with van der Waals surface area (Å²) in [5.74, 6) is 1.77. The molecular formula is C23H32ClNO2. The van der Waals surface area contributed by atoms with E-state index >= 15 is 0 Å². The molecule has 0 unspecified atom stereocenters. The molecule has 0 amide bonds. The number of unbranched alkanes of at least 4 members (excludes halogenated alkanes) is 4. The molecule has 0 atom stereocenters. The fourth-order valence-electron chi connectivity index (χ4n) is 2.95. The summed E-state index contributed by atoms with van der Waals surface area (Å²) in [4.78, 5) is 0. The zero-order valence-corrected chi connectivity index (χ0v) is 17.6. The fraction of sp³-hybridized carbons (Fsp3) is 0.478. The molecule has 0 radical (unpaired) electrons. The Morgan fingerprint density at radius 3 is 2.30 bits per heavy atom. The van der Waals surface area contributed by atoms with Crippen LogP contribution in [0.2, 0.25) is 5.02 Å². The molecule has 0 aliphatic carbocycles. The largest absolute Gasteiger partial charge is 0.494 e. The molecular weight excluding hydrogens is 358 g/mol. The zero-order valence-electron chi connectivity index (χ0n) is 16.8. The smallest absolute Gasteiger partial charge is 0.121 e. The molecule has 148 valence electrons. The first kappa shape index (κ1) is 21.4. The Balaban J connectivity index is 1.70. The van der Waals surface area contributed by atoms with Gasteiger partial charge in [-0.1, -0.05) is 50.3 Å². The Bertz CT molecular complexity index is 680. The summed E-state index contributed by atoms with van der Waals surface area (Å²) >= 11 is 6.19. The second-order valence-electron chi connectivity index (χ2n) is 6.94. The third-order valence-electron chi connectivity index (χ3n) is 4.46. The summed E-state index contributed by atoms with van der Waals surface area (Å²) in [7, 11) is 0. The third kappa shape index (κ3) is 7.72. The number of benzene rings is 2. The molecule has 27 heavy (non-hydrogen) atoms. The summed E-state index contributed by atoms with van der Waals surface area (Å²) in [5, 5.41) is 4.19. The van der Waals surface area contributed by atoms with E-state index < -0.39 is 0 Å². The van der Waals surface area contributed by atoms with Gasteiger partial charge < -0.3 is 14.8 Å². The number of anilines is 1. The maximum absolute atomic E-state index is 6.19. The van der Waals surface area contributed by atoms with Crippen LogP contribution in [0.15, 0.2) is 36.4 Å². The highest BCUT2D eigenvalue weighted by Gasteiger charge is 2.03. The van der Waals surface area contributed by atoms with Crippen LogP contribution in [0.5, 0.6) is 11.5 Å². The van der Waals surface area contributed by atoms with Crippen molar-refractivity contribution >= 4 is 17.3 Å². The highest BCUT2D eigenvalue weighted by atomic mass is 35.5. The van der Waals surface area contributed by atoms with Crippen molar-refractivity contribution in [3.8, 4) is 11.5 Å². The standard InChI is InChI=1S/C23H32ClNO2/c1-4-5-6-7-8-13-26-21-11-9-10-20(17-21)25-12-14-27-22-15-18(2)23(24)19(3)16-22/h9-11,15-17,25H,4-8,12-14H2,1-3H3. The van der Waals surface area contributed by atoms with Crippen molar-refractivity contribution in [2.75, 3.05) is 25.1 Å². The van der Waals surface area contributed by atoms with Crippen LogP contribution in [0.4, 0.5) is 5.69 Å². The number of ether oxygens (including phenoxy) is 2. The Kier molecular flexibility index (Phi) is 9.34. The Hall–Kier alpha value is -1.87. The van der Waals surface area contributed by atoms with Gasteiger partial charge in [-0.25, -0.2) is 0 Å². The van der Waals surface area contributed by atoms with Gasteiger partial charge in [0.05, 0.1) is 6.61 Å². The van der Waals surface area contributed by atoms with Crippen LogP contribution in [0.3, 0.4) is 0 Å². The maximum Gasteiger partial charge on any atom is 0.121 e. The molecule has 2 rings (SSSR count). The molecule has 0 bridgehead atoms. The summed E-state index contributed by atoms with van der Waals surface area (Å²) in [6.45, 7) is 8.32. The summed E-state index contributed by atoms with van der Waals surface area (Å²) in [6.07, 6.45) is 6.25. The van der Waals surface area contributed by atoms with E-state index in [1.165, 1.54) is 25.7 Å². The van der Waals surface area contributed by atoms with Crippen molar-refractivity contribution in [2.45, 2.75) is 52.9 Å². The summed E-state index contributed by atoms with van der Waals surface area (Å²) < 4.78 is 11.7. The highest BCUT2D eigenvalue weighted by Crippen LogP contribution is 2.25. The molecule has 3 nitrogen and oxygen atoms in total. The number of aryl methyl sites for hydroxylation is 2. The van der Waals surface area contributed by atoms with Crippen molar-refractivity contribution in [3.63, 3.8) is 0 Å². The SMILES string of the molecule is CCCCCCCOc1cccc(NCCOc2cc(C)c(Cl)c(C)c2)c1. The maximum atomic E-state index is 6.19. The van der Waals surface area contributed by atoms with Gasteiger partial charge in [-0.2, -0.15) is 0 Å². The average Bonchev–Trinajstić information content (AvgIpc) is 2.66. The minimum absolute atomic E-state index is 0.586. The first-order valence-electron chi connectivity index (χ1n) is 9.96. The van der Waals surface area contributed by atoms with Crippen molar-refractivity contribution in [1.29, 1.82) is 0 Å². The molecule has 0 heterocycles. The summed E-state index contributed by atoms with van der Waals surface area (Å²) in [5.41, 5.74) is 3.13. The van der Waals surface area contributed by atoms with Gasteiger partial charge in [-0.3, -0.25) is 0 Å². The number of rotatable bonds is 12. The Morgan fingerprint density at radius 2 is 1.56 bits per heavy atom. The Labute approximate surface area is 169 Å². The van der Waals surface area contributed by atoms with Gasteiger partial charge in [-0.05, 0) is 55.7 Å². The number of hydrogen-bond donors (Lipinski definition) is 1. The molecule has 0 saturated carbocycles. The van der Waals surface area contributed by atoms with E-state index in [4.69, 9.17) is 21.1 Å². The van der Waals surface area contributed by atoms with E-state index in [0.29, 0.717) is 6.61 Å². The highest BCUT2D eigenvalue weighted by molar-refractivity contribution is 6.32. The molecule has 0 spiro atoms. The molecule has 0 fully saturated rings. The lowest BCUT2D eigenvalue weighted by Gasteiger charge is -2.12. The zero-order chi connectivity index (χ0) is 19.5. The second kappa shape index (κ2) is 11.8. The molecule has 1 N–H and O–H groups in total. The van der Waals surface area contributed by atoms with Crippen molar-refractivity contribution < 1.29 is 9.47 Å². The van der Waals surface area contributed by atoms with Gasteiger partial charge >= 0.3 is 0 Å². The lowest BCUT2D eigenvalue weighted by Crippen LogP contribution is -2.11. The van der Waals surface area contributed by atoms with Crippen LogP contribution < -0.4 is 14.8 Å². The van der Waals surface area contributed by atoms with Gasteiger partial charge in [0, 0.05) is 23.3 Å². The van der Waals surface area contributed by atoms with E-state index in [1.807, 2.05) is 50.2 Å². The predicted molar refractivity (Wildman–Crippen MR) is 116 cm³/mol. The summed E-state index contributed by atoms with van der Waals surface area (Å²) in [6, 6.07) is 12.1. The number of nitrogens with one attached hydrogen (secondary N) is 1. The normalized spacial score (nSPS) is 10.7. The fourth-order valence-corrected chi connectivity index (χ4v) is 3.05. The topological polar surface area (TPSA) is 30.5 Å². The van der Waals surface area contributed by atoms with Gasteiger partial charge in [0.15, 0.2) is 0 Å². The van der Waals surface area contributed by atoms with Gasteiger partial charge in [-0.15, -0.1) is 0 Å². The molecule has 2 aromatic carbocycles. The average molecular weight is 390 g/mol. The molecule has 2 aromatic rings. The van der Waals surface area contributed by atoms with Gasteiger partial charge in [0.2, 0.25) is 0 Å². The monoisotopic (exact) mass is 389 g/mol. The molecule has 0 aromatic heterocycles. The number of halogens is 1. The number of hydrogen-bond acceptors (Lipinski definition) is 3. The lowest BCUT2D eigenvalue weighted by molar-refractivity contribution is 0.304. The second-order valence-corrected chi connectivity index (χ2v) is 7.31. The van der Waals surface area contributed by atoms with E-state index in [2.05, 4.69) is 12.2 Å². The van der Waals surface area contributed by atoms with Crippen molar-refractivity contribution in [1.82, 2.24) is 0 Å². The predicted octanol–water partition coefficient (Wildman–Crippen LogP) is 6.80. The van der Waals surface area contributed by atoms with Crippen LogP contribution in [0.1, 0.15) is 50.2 Å². The van der Waals surface area contributed by atoms with Crippen LogP contribution in [-0.4, -0.2) is 19.8 Å². The van der Waals surface area contributed by atoms with E-state index in [9.17, 15) is 0 Å². The lowest BCUT2D eigenvalue weighted by atomic mass is 10.1. The molecule has 0 saturated heterocycles. The van der Waals surface area contributed by atoms with Crippen molar-refractivity contribution in [2.24, 2.45) is 0 Å². The van der Waals surface area contributed by atoms with Gasteiger partial charge in [0.1, 0.15) is 18.1 Å². The minimum atomic E-state index is 0.586. The van der Waals surface area contributed by atoms with Gasteiger partial charge in [0.25, 0.3) is 0 Å². The molecule has 4 heteroatoms. The van der Waals surface area contributed by atoms with Crippen LogP contribution >= 0.6 is 11.6 Å². The van der Waals surface area contributed by atoms with E-state index in [-0.39, 0.29) is 0 Å². The Morgan fingerprint density at radius 1 is 0.852 bits per heavy atom. The molecule has 0 aliphatic heterocycles. The third-order valence-corrected chi connectivity index (χ3v) is 5.06. The first-order valence-corrected chi connectivity index (χ1v) is 10.3. The molecule has 0 aliphatic rings. The van der Waals surface area contributed by atoms with E-state index in [1.54, 1.807) is 0 Å². The van der Waals surface area contributed by atoms with Crippen molar-refractivity contribution in [3.05, 3.63) is 52.5 Å². The quantitative estimate of drug-likeness (QED) is 0.405. The van der Waals surface area contributed by atoms with E-state index in [0.717, 1.165) is 52.9 Å². The van der Waals surface area contributed by atoms with Crippen LogP contribution in [0, 0.1) is 13.8 Å².